The summed E-state index contributed by atoms with van der Waals surface area (Å²) < 4.78 is 16.7. The van der Waals surface area contributed by atoms with E-state index in [0.29, 0.717) is 36.3 Å². The topological polar surface area (TPSA) is 121 Å². The van der Waals surface area contributed by atoms with Gasteiger partial charge in [-0.05, 0) is 56.0 Å². The number of benzene rings is 2. The Hall–Kier alpha value is -3.70. The van der Waals surface area contributed by atoms with Gasteiger partial charge >= 0.3 is 11.9 Å². The minimum atomic E-state index is -1.26. The lowest BCUT2D eigenvalue weighted by Crippen LogP contribution is -2.45. The number of aliphatic carboxylic acids is 2. The number of piperidine rings is 1. The minimum Gasteiger partial charge on any atom is -0.493 e. The maximum absolute atomic E-state index is 9.55. The van der Waals surface area contributed by atoms with Gasteiger partial charge < -0.3 is 34.2 Å². The fourth-order valence-corrected chi connectivity index (χ4v) is 5.66. The number of fused-ring (bicyclic) bond motifs is 1. The smallest absolute Gasteiger partial charge is 0.328 e. The van der Waals surface area contributed by atoms with E-state index in [4.69, 9.17) is 29.4 Å². The average molecular weight is 586 g/mol. The van der Waals surface area contributed by atoms with Gasteiger partial charge in [-0.2, -0.15) is 0 Å². The average Bonchev–Trinajstić information content (AvgIpc) is 2.99. The highest BCUT2D eigenvalue weighted by Crippen LogP contribution is 2.36. The molecule has 0 radical (unpaired) electrons. The number of rotatable bonds is 11. The molecule has 1 fully saturated rings. The Bertz CT molecular complexity index is 1200. The monoisotopic (exact) mass is 585 g/mol. The highest BCUT2D eigenvalue weighted by molar-refractivity contribution is 8.13. The summed E-state index contributed by atoms with van der Waals surface area (Å²) >= 11 is 1.86. The standard InChI is InChI=1S/C26H35N3O3S.C4H4O4/c1-28(26-27-22-10-5-4-9-20(22)19-33-26)21-13-16-29(17-14-21)15-6-7-18-32-24-12-8-11-23(30-2)25(24)31-3;5-3(6)1-2-4(7)8/h4-5,8-12,21H,6-7,13-19H2,1-3H3;1-2H,(H,5,6)(H,7,8). The molecular weight excluding hydrogens is 546 g/mol. The first-order valence-electron chi connectivity index (χ1n) is 13.5. The van der Waals surface area contributed by atoms with Crippen molar-refractivity contribution in [2.45, 2.75) is 37.5 Å². The summed E-state index contributed by atoms with van der Waals surface area (Å²) in [5, 5.41) is 16.8. The summed E-state index contributed by atoms with van der Waals surface area (Å²) in [7, 11) is 5.50. The normalized spacial score (nSPS) is 15.2. The molecule has 0 aromatic heterocycles. The molecule has 0 atom stereocenters. The lowest BCUT2D eigenvalue weighted by atomic mass is 10.0. The number of nitrogens with zero attached hydrogens (tertiary/aromatic N) is 3. The van der Waals surface area contributed by atoms with Crippen LogP contribution in [0, 0.1) is 0 Å². The van der Waals surface area contributed by atoms with E-state index in [1.165, 1.54) is 18.4 Å². The van der Waals surface area contributed by atoms with Gasteiger partial charge in [0.25, 0.3) is 0 Å². The quantitative estimate of drug-likeness (QED) is 0.278. The van der Waals surface area contributed by atoms with Gasteiger partial charge in [-0.25, -0.2) is 14.6 Å². The van der Waals surface area contributed by atoms with Crippen molar-refractivity contribution in [2.24, 2.45) is 4.99 Å². The zero-order valence-electron chi connectivity index (χ0n) is 23.8. The fourth-order valence-electron chi connectivity index (χ4n) is 4.62. The van der Waals surface area contributed by atoms with Crippen molar-refractivity contribution in [3.8, 4) is 17.2 Å². The third-order valence-corrected chi connectivity index (χ3v) is 7.93. The number of ether oxygens (including phenoxy) is 3. The number of aliphatic imine (C=N–C) groups is 1. The molecule has 222 valence electrons. The molecule has 2 heterocycles. The molecule has 0 aliphatic carbocycles. The van der Waals surface area contributed by atoms with Crippen LogP contribution in [0.5, 0.6) is 17.2 Å². The number of methoxy groups -OCH3 is 2. The second kappa shape index (κ2) is 16.5. The van der Waals surface area contributed by atoms with Crippen LogP contribution in [-0.2, 0) is 15.3 Å². The summed E-state index contributed by atoms with van der Waals surface area (Å²) in [6.45, 7) is 4.10. The number of unbranched alkanes of at least 4 members (excludes halogenated alkanes) is 1. The molecule has 11 heteroatoms. The van der Waals surface area contributed by atoms with E-state index in [0.717, 1.165) is 54.8 Å². The molecule has 4 rings (SSSR count). The summed E-state index contributed by atoms with van der Waals surface area (Å²) in [6, 6.07) is 14.8. The molecule has 2 aromatic rings. The van der Waals surface area contributed by atoms with Crippen LogP contribution in [0.4, 0.5) is 5.69 Å². The van der Waals surface area contributed by atoms with E-state index < -0.39 is 11.9 Å². The van der Waals surface area contributed by atoms with Crippen molar-refractivity contribution in [2.75, 3.05) is 47.5 Å². The Balaban J connectivity index is 0.000000507. The molecule has 0 amide bonds. The number of para-hydroxylation sites is 2. The SMILES string of the molecule is COc1cccc(OCCCCN2CCC(N(C)C3=Nc4ccccc4CS3)CC2)c1OC.O=C(O)C=CC(=O)O. The number of likely N-dealkylation sites (tertiary alicyclic amines) is 1. The van der Waals surface area contributed by atoms with Crippen LogP contribution >= 0.6 is 11.8 Å². The summed E-state index contributed by atoms with van der Waals surface area (Å²) in [6.07, 6.45) is 5.65. The van der Waals surface area contributed by atoms with E-state index in [2.05, 4.69) is 41.1 Å². The Kier molecular flexibility index (Phi) is 12.8. The Labute approximate surface area is 245 Å². The zero-order chi connectivity index (χ0) is 29.6. The number of carbonyl (C=O) groups is 2. The van der Waals surface area contributed by atoms with E-state index >= 15 is 0 Å². The van der Waals surface area contributed by atoms with Crippen LogP contribution in [0.25, 0.3) is 0 Å². The summed E-state index contributed by atoms with van der Waals surface area (Å²) in [4.78, 5) is 29.0. The Morgan fingerprint density at radius 2 is 1.68 bits per heavy atom. The van der Waals surface area contributed by atoms with E-state index in [1.54, 1.807) is 14.2 Å². The molecule has 2 aliphatic heterocycles. The van der Waals surface area contributed by atoms with Gasteiger partial charge in [0.05, 0.1) is 26.5 Å². The zero-order valence-corrected chi connectivity index (χ0v) is 24.6. The maximum atomic E-state index is 9.55. The number of hydrogen-bond acceptors (Lipinski definition) is 9. The molecule has 41 heavy (non-hydrogen) atoms. The highest BCUT2D eigenvalue weighted by atomic mass is 32.2. The van der Waals surface area contributed by atoms with Crippen molar-refractivity contribution < 1.29 is 34.0 Å². The summed E-state index contributed by atoms with van der Waals surface area (Å²) in [5.41, 5.74) is 2.47. The predicted molar refractivity (Wildman–Crippen MR) is 161 cm³/mol. The largest absolute Gasteiger partial charge is 0.493 e. The number of carboxylic acids is 2. The van der Waals surface area contributed by atoms with Gasteiger partial charge in [0.15, 0.2) is 16.7 Å². The molecular formula is C30H39N3O7S. The molecule has 0 unspecified atom stereocenters. The minimum absolute atomic E-state index is 0.558. The van der Waals surface area contributed by atoms with Gasteiger partial charge in [-0.15, -0.1) is 0 Å². The lowest BCUT2D eigenvalue weighted by molar-refractivity contribution is -0.134. The predicted octanol–water partition coefficient (Wildman–Crippen LogP) is 4.91. The molecule has 0 saturated carbocycles. The van der Waals surface area contributed by atoms with Crippen molar-refractivity contribution >= 4 is 34.6 Å². The summed E-state index contributed by atoms with van der Waals surface area (Å²) in [5.74, 6) is 0.605. The van der Waals surface area contributed by atoms with Crippen LogP contribution in [0.1, 0.15) is 31.2 Å². The Morgan fingerprint density at radius 3 is 2.34 bits per heavy atom. The molecule has 0 bridgehead atoms. The van der Waals surface area contributed by atoms with Crippen molar-refractivity contribution in [1.82, 2.24) is 9.80 Å². The number of carboxylic acid groups (broad SMARTS) is 2. The van der Waals surface area contributed by atoms with E-state index in [1.807, 2.05) is 30.0 Å². The van der Waals surface area contributed by atoms with Gasteiger partial charge in [-0.1, -0.05) is 36.0 Å². The number of amidine groups is 1. The lowest BCUT2D eigenvalue weighted by Gasteiger charge is -2.38. The number of thioether (sulfide) groups is 1. The molecule has 2 aromatic carbocycles. The van der Waals surface area contributed by atoms with Crippen molar-refractivity contribution in [3.63, 3.8) is 0 Å². The van der Waals surface area contributed by atoms with Crippen molar-refractivity contribution in [3.05, 3.63) is 60.2 Å². The Morgan fingerprint density at radius 1 is 1.00 bits per heavy atom. The third-order valence-electron chi connectivity index (χ3n) is 6.83. The first-order chi connectivity index (χ1) is 19.8. The molecule has 1 saturated heterocycles. The first kappa shape index (κ1) is 31.8. The first-order valence-corrected chi connectivity index (χ1v) is 14.5. The van der Waals surface area contributed by atoms with Gasteiger partial charge in [-0.3, -0.25) is 0 Å². The van der Waals surface area contributed by atoms with E-state index in [-0.39, 0.29) is 0 Å². The fraction of sp³-hybridized carbons (Fsp3) is 0.433. The third kappa shape index (κ3) is 10.0. The van der Waals surface area contributed by atoms with Crippen LogP contribution in [-0.4, -0.2) is 90.7 Å². The maximum Gasteiger partial charge on any atom is 0.328 e. The van der Waals surface area contributed by atoms with Crippen LogP contribution < -0.4 is 14.2 Å². The molecule has 10 nitrogen and oxygen atoms in total. The van der Waals surface area contributed by atoms with Crippen LogP contribution in [0.3, 0.4) is 0 Å². The number of hydrogen-bond donors (Lipinski definition) is 2. The van der Waals surface area contributed by atoms with E-state index in [9.17, 15) is 9.59 Å². The van der Waals surface area contributed by atoms with Crippen LogP contribution in [0.2, 0.25) is 0 Å². The molecule has 2 N–H and O–H groups in total. The second-order valence-electron chi connectivity index (χ2n) is 9.55. The van der Waals surface area contributed by atoms with Crippen LogP contribution in [0.15, 0.2) is 59.6 Å². The molecule has 2 aliphatic rings. The second-order valence-corrected chi connectivity index (χ2v) is 10.5. The van der Waals surface area contributed by atoms with Gasteiger partial charge in [0.2, 0.25) is 5.75 Å². The van der Waals surface area contributed by atoms with Gasteiger partial charge in [0.1, 0.15) is 0 Å². The van der Waals surface area contributed by atoms with Crippen molar-refractivity contribution in [1.29, 1.82) is 0 Å². The molecule has 0 spiro atoms. The highest BCUT2D eigenvalue weighted by Gasteiger charge is 2.26. The van der Waals surface area contributed by atoms with Gasteiger partial charge in [0, 0.05) is 44.1 Å².